The molecule has 3 heteroatoms. The van der Waals surface area contributed by atoms with Crippen molar-refractivity contribution in [1.82, 2.24) is 0 Å². The topological polar surface area (TPSA) is 23.8 Å². The zero-order valence-electron chi connectivity index (χ0n) is 6.09. The van der Waals surface area contributed by atoms with Crippen molar-refractivity contribution in [2.45, 2.75) is 0 Å². The Labute approximate surface area is 83.7 Å². The highest BCUT2D eigenvalue weighted by Gasteiger charge is 2.00. The van der Waals surface area contributed by atoms with Gasteiger partial charge < -0.3 is 0 Å². The van der Waals surface area contributed by atoms with Crippen LogP contribution in [-0.4, -0.2) is 0 Å². The Bertz CT molecular complexity index is 332. The van der Waals surface area contributed by atoms with Crippen LogP contribution in [0.3, 0.4) is 0 Å². The van der Waals surface area contributed by atoms with Gasteiger partial charge in [-0.2, -0.15) is 5.26 Å². The Kier molecular flexibility index (Phi) is 3.23. The average Bonchev–Trinajstić information content (AvgIpc) is 2.04. The number of rotatable bonds is 1. The Morgan fingerprint density at radius 1 is 1.50 bits per heavy atom. The first-order valence-corrected chi connectivity index (χ1v) is 4.34. The van der Waals surface area contributed by atoms with E-state index < -0.39 is 0 Å². The van der Waals surface area contributed by atoms with Crippen LogP contribution in [0.4, 0.5) is 4.39 Å². The third-order valence-corrected chi connectivity index (χ3v) is 2.26. The van der Waals surface area contributed by atoms with E-state index in [4.69, 9.17) is 5.26 Å². The molecule has 0 aromatic heterocycles. The number of nitrogens with zero attached hydrogens (tertiary/aromatic N) is 1. The molecule has 0 radical (unpaired) electrons. The summed E-state index contributed by atoms with van der Waals surface area (Å²) in [7, 11) is 0. The van der Waals surface area contributed by atoms with E-state index in [-0.39, 0.29) is 5.82 Å². The van der Waals surface area contributed by atoms with Gasteiger partial charge in [-0.3, -0.25) is 0 Å². The van der Waals surface area contributed by atoms with Gasteiger partial charge in [0.1, 0.15) is 5.82 Å². The van der Waals surface area contributed by atoms with Crippen LogP contribution in [0.5, 0.6) is 0 Å². The lowest BCUT2D eigenvalue weighted by atomic mass is 10.2. The van der Waals surface area contributed by atoms with Crippen molar-refractivity contribution in [2.75, 3.05) is 0 Å². The molecule has 0 saturated heterocycles. The van der Waals surface area contributed by atoms with E-state index in [9.17, 15) is 4.39 Å². The van der Waals surface area contributed by atoms with Gasteiger partial charge in [0, 0.05) is 15.2 Å². The molecule has 1 aromatic carbocycles. The van der Waals surface area contributed by atoms with Crippen molar-refractivity contribution in [3.05, 3.63) is 39.2 Å². The molecule has 0 heterocycles. The van der Waals surface area contributed by atoms with Crippen LogP contribution in [0.15, 0.2) is 24.3 Å². The fraction of sp³-hybridized carbons (Fsp3) is 0. The third-order valence-electron chi connectivity index (χ3n) is 1.32. The standard InChI is InChI=1S/C9H5FIN/c10-8-4-1-5-9(11)7(8)3-2-6-12/h1-5H/b3-2+. The second-order valence-corrected chi connectivity index (χ2v) is 3.26. The minimum Gasteiger partial charge on any atom is -0.206 e. The van der Waals surface area contributed by atoms with Gasteiger partial charge in [-0.15, -0.1) is 0 Å². The molecule has 0 aliphatic carbocycles. The van der Waals surface area contributed by atoms with Crippen molar-refractivity contribution >= 4 is 28.7 Å². The summed E-state index contributed by atoms with van der Waals surface area (Å²) in [6.07, 6.45) is 2.73. The lowest BCUT2D eigenvalue weighted by molar-refractivity contribution is 0.624. The van der Waals surface area contributed by atoms with Crippen molar-refractivity contribution in [3.63, 3.8) is 0 Å². The van der Waals surface area contributed by atoms with Gasteiger partial charge >= 0.3 is 0 Å². The SMILES string of the molecule is N#C/C=C/c1c(F)cccc1I. The van der Waals surface area contributed by atoms with E-state index in [0.717, 1.165) is 3.57 Å². The first kappa shape index (κ1) is 9.20. The molecule has 0 amide bonds. The summed E-state index contributed by atoms with van der Waals surface area (Å²) >= 11 is 2.03. The van der Waals surface area contributed by atoms with Gasteiger partial charge in [-0.25, -0.2) is 4.39 Å². The molecule has 0 bridgehead atoms. The molecule has 0 saturated carbocycles. The summed E-state index contributed by atoms with van der Waals surface area (Å²) in [5.74, 6) is -0.298. The zero-order valence-corrected chi connectivity index (χ0v) is 8.25. The molecule has 60 valence electrons. The van der Waals surface area contributed by atoms with Gasteiger partial charge in [0.2, 0.25) is 0 Å². The lowest BCUT2D eigenvalue weighted by Crippen LogP contribution is -1.85. The van der Waals surface area contributed by atoms with Crippen molar-refractivity contribution in [1.29, 1.82) is 5.26 Å². The highest BCUT2D eigenvalue weighted by molar-refractivity contribution is 14.1. The maximum absolute atomic E-state index is 13.0. The van der Waals surface area contributed by atoms with Crippen molar-refractivity contribution in [2.24, 2.45) is 0 Å². The number of hydrogen-bond acceptors (Lipinski definition) is 1. The largest absolute Gasteiger partial charge is 0.206 e. The minimum absolute atomic E-state index is 0.298. The molecule has 0 fully saturated rings. The summed E-state index contributed by atoms with van der Waals surface area (Å²) < 4.78 is 13.8. The van der Waals surface area contributed by atoms with Crippen LogP contribution in [0, 0.1) is 20.7 Å². The molecule has 0 spiro atoms. The molecule has 0 aliphatic heterocycles. The summed E-state index contributed by atoms with van der Waals surface area (Å²) in [5, 5.41) is 8.25. The summed E-state index contributed by atoms with van der Waals surface area (Å²) in [6.45, 7) is 0. The van der Waals surface area contributed by atoms with Gasteiger partial charge in [-0.1, -0.05) is 6.07 Å². The summed E-state index contributed by atoms with van der Waals surface area (Å²) in [6, 6.07) is 6.63. The Balaban J connectivity index is 3.15. The molecule has 0 atom stereocenters. The van der Waals surface area contributed by atoms with Crippen molar-refractivity contribution in [3.8, 4) is 6.07 Å². The Hall–Kier alpha value is -0.890. The van der Waals surface area contributed by atoms with E-state index in [1.807, 2.05) is 28.7 Å². The fourth-order valence-electron chi connectivity index (χ4n) is 0.791. The van der Waals surface area contributed by atoms with Gasteiger partial charge in [0.15, 0.2) is 0 Å². The molecule has 0 aliphatic rings. The predicted molar refractivity (Wildman–Crippen MR) is 53.8 cm³/mol. The molecule has 1 nitrogen and oxygen atoms in total. The van der Waals surface area contributed by atoms with E-state index in [1.54, 1.807) is 12.1 Å². The molecule has 0 unspecified atom stereocenters. The highest BCUT2D eigenvalue weighted by atomic mass is 127. The van der Waals surface area contributed by atoms with E-state index in [1.165, 1.54) is 18.2 Å². The van der Waals surface area contributed by atoms with Gasteiger partial charge in [0.25, 0.3) is 0 Å². The Morgan fingerprint density at radius 3 is 2.83 bits per heavy atom. The van der Waals surface area contributed by atoms with E-state index >= 15 is 0 Å². The molecule has 12 heavy (non-hydrogen) atoms. The average molecular weight is 273 g/mol. The van der Waals surface area contributed by atoms with E-state index in [0.29, 0.717) is 5.56 Å². The maximum Gasteiger partial charge on any atom is 0.131 e. The fourth-order valence-corrected chi connectivity index (χ4v) is 1.44. The number of hydrogen-bond donors (Lipinski definition) is 0. The van der Waals surface area contributed by atoms with Crippen LogP contribution >= 0.6 is 22.6 Å². The minimum atomic E-state index is -0.298. The first-order chi connectivity index (χ1) is 5.75. The number of allylic oxidation sites excluding steroid dienone is 1. The number of nitriles is 1. The monoisotopic (exact) mass is 273 g/mol. The molecular weight excluding hydrogens is 268 g/mol. The molecule has 1 aromatic rings. The molecule has 0 N–H and O–H groups in total. The summed E-state index contributed by atoms with van der Waals surface area (Å²) in [5.41, 5.74) is 0.472. The van der Waals surface area contributed by atoms with Gasteiger partial charge in [0.05, 0.1) is 6.07 Å². The highest BCUT2D eigenvalue weighted by Crippen LogP contribution is 2.16. The normalized spacial score (nSPS) is 10.1. The number of halogens is 2. The molecular formula is C9H5FIN. The predicted octanol–water partition coefficient (Wildman–Crippen LogP) is 2.97. The zero-order chi connectivity index (χ0) is 8.97. The molecule has 1 rings (SSSR count). The van der Waals surface area contributed by atoms with Crippen molar-refractivity contribution < 1.29 is 4.39 Å². The van der Waals surface area contributed by atoms with E-state index in [2.05, 4.69) is 0 Å². The van der Waals surface area contributed by atoms with Crippen LogP contribution in [0.2, 0.25) is 0 Å². The van der Waals surface area contributed by atoms with Crippen LogP contribution < -0.4 is 0 Å². The third kappa shape index (κ3) is 2.05. The Morgan fingerprint density at radius 2 is 2.25 bits per heavy atom. The van der Waals surface area contributed by atoms with Crippen LogP contribution in [-0.2, 0) is 0 Å². The maximum atomic E-state index is 13.0. The number of benzene rings is 1. The summed E-state index contributed by atoms with van der Waals surface area (Å²) in [4.78, 5) is 0. The second kappa shape index (κ2) is 4.21. The first-order valence-electron chi connectivity index (χ1n) is 3.26. The second-order valence-electron chi connectivity index (χ2n) is 2.10. The van der Waals surface area contributed by atoms with Crippen LogP contribution in [0.1, 0.15) is 5.56 Å². The van der Waals surface area contributed by atoms with Gasteiger partial charge in [-0.05, 0) is 40.8 Å². The lowest BCUT2D eigenvalue weighted by Gasteiger charge is -1.97. The smallest absolute Gasteiger partial charge is 0.131 e. The van der Waals surface area contributed by atoms with Crippen LogP contribution in [0.25, 0.3) is 6.08 Å². The quantitative estimate of drug-likeness (QED) is 0.570.